The van der Waals surface area contributed by atoms with E-state index in [-0.39, 0.29) is 17.8 Å². The quantitative estimate of drug-likeness (QED) is 0.528. The van der Waals surface area contributed by atoms with Crippen LogP contribution in [0, 0.1) is 0 Å². The number of benzene rings is 3. The molecule has 0 saturated heterocycles. The van der Waals surface area contributed by atoms with Gasteiger partial charge >= 0.3 is 0 Å². The van der Waals surface area contributed by atoms with Crippen LogP contribution in [0.1, 0.15) is 11.1 Å². The fraction of sp³-hybridized carbons (Fsp3) is 0.120. The Labute approximate surface area is 191 Å². The Hall–Kier alpha value is -3.77. The molecule has 0 radical (unpaired) electrons. The van der Waals surface area contributed by atoms with Crippen molar-refractivity contribution in [1.82, 2.24) is 4.90 Å². The molecule has 0 spiro atoms. The van der Waals surface area contributed by atoms with Crippen LogP contribution in [-0.4, -0.2) is 30.9 Å². The van der Waals surface area contributed by atoms with Gasteiger partial charge in [-0.25, -0.2) is 0 Å². The molecule has 3 aromatic carbocycles. The van der Waals surface area contributed by atoms with E-state index in [2.05, 4.69) is 5.32 Å². The Morgan fingerprint density at radius 1 is 0.875 bits per heavy atom. The molecule has 1 heterocycles. The number of amides is 2. The number of rotatable bonds is 7. The van der Waals surface area contributed by atoms with Gasteiger partial charge in [-0.1, -0.05) is 54.1 Å². The van der Waals surface area contributed by atoms with Crippen LogP contribution < -0.4 is 14.8 Å². The van der Waals surface area contributed by atoms with Gasteiger partial charge in [-0.05, 0) is 29.8 Å². The zero-order valence-corrected chi connectivity index (χ0v) is 18.3. The van der Waals surface area contributed by atoms with E-state index in [9.17, 15) is 9.59 Å². The van der Waals surface area contributed by atoms with Gasteiger partial charge in [0.15, 0.2) is 0 Å². The van der Waals surface area contributed by atoms with Gasteiger partial charge in [-0.2, -0.15) is 0 Å². The van der Waals surface area contributed by atoms with Gasteiger partial charge in [0.2, 0.25) is 0 Å². The van der Waals surface area contributed by atoms with Crippen molar-refractivity contribution in [3.8, 4) is 11.5 Å². The summed E-state index contributed by atoms with van der Waals surface area (Å²) < 4.78 is 10.7. The fourth-order valence-corrected chi connectivity index (χ4v) is 3.77. The first kappa shape index (κ1) is 21.5. The van der Waals surface area contributed by atoms with Crippen LogP contribution in [0.3, 0.4) is 0 Å². The van der Waals surface area contributed by atoms with E-state index in [4.69, 9.17) is 21.1 Å². The van der Waals surface area contributed by atoms with Crippen molar-refractivity contribution in [2.24, 2.45) is 0 Å². The summed E-state index contributed by atoms with van der Waals surface area (Å²) in [6.45, 7) is 0.0548. The number of methoxy groups -OCH3 is 2. The highest BCUT2D eigenvalue weighted by Gasteiger charge is 2.40. The van der Waals surface area contributed by atoms with E-state index in [0.29, 0.717) is 33.3 Å². The number of carbonyl (C=O) groups excluding carboxylic acids is 2. The molecule has 0 saturated carbocycles. The Morgan fingerprint density at radius 3 is 2.38 bits per heavy atom. The van der Waals surface area contributed by atoms with Crippen LogP contribution in [0.4, 0.5) is 5.69 Å². The number of hydrogen-bond donors (Lipinski definition) is 1. The monoisotopic (exact) mass is 448 g/mol. The molecule has 4 rings (SSSR count). The van der Waals surface area contributed by atoms with Gasteiger partial charge in [-0.3, -0.25) is 14.5 Å². The lowest BCUT2D eigenvalue weighted by molar-refractivity contribution is -0.137. The Kier molecular flexibility index (Phi) is 6.14. The van der Waals surface area contributed by atoms with Crippen LogP contribution >= 0.6 is 11.6 Å². The zero-order chi connectivity index (χ0) is 22.7. The number of imide groups is 1. The van der Waals surface area contributed by atoms with Crippen molar-refractivity contribution >= 4 is 34.7 Å². The molecule has 162 valence electrons. The standard InChI is InChI=1S/C25H21ClN2O4/c1-31-18-10-7-9-17(14-18)27-23-22(19-11-4-6-13-21(19)32-2)24(29)28(25(23)30)15-16-8-3-5-12-20(16)26/h3-14,27H,15H2,1-2H3. The molecule has 6 nitrogen and oxygen atoms in total. The molecule has 0 aromatic heterocycles. The Balaban J connectivity index is 1.79. The van der Waals surface area contributed by atoms with E-state index < -0.39 is 11.8 Å². The van der Waals surface area contributed by atoms with Gasteiger partial charge < -0.3 is 14.8 Å². The lowest BCUT2D eigenvalue weighted by Crippen LogP contribution is -2.32. The number of halogens is 1. The summed E-state index contributed by atoms with van der Waals surface area (Å²) in [6, 6.07) is 21.4. The highest BCUT2D eigenvalue weighted by Crippen LogP contribution is 2.36. The fourth-order valence-electron chi connectivity index (χ4n) is 3.58. The molecule has 0 unspecified atom stereocenters. The molecule has 0 fully saturated rings. The molecule has 3 aromatic rings. The molecule has 0 atom stereocenters. The molecule has 2 amide bonds. The number of carbonyl (C=O) groups is 2. The lowest BCUT2D eigenvalue weighted by atomic mass is 10.0. The van der Waals surface area contributed by atoms with E-state index in [0.717, 1.165) is 0 Å². The van der Waals surface area contributed by atoms with Crippen molar-refractivity contribution in [3.05, 3.63) is 94.6 Å². The molecule has 0 bridgehead atoms. The van der Waals surface area contributed by atoms with Crippen molar-refractivity contribution in [3.63, 3.8) is 0 Å². The summed E-state index contributed by atoms with van der Waals surface area (Å²) in [5.74, 6) is 0.246. The second kappa shape index (κ2) is 9.16. The van der Waals surface area contributed by atoms with Crippen molar-refractivity contribution in [2.75, 3.05) is 19.5 Å². The molecule has 1 aliphatic rings. The van der Waals surface area contributed by atoms with Crippen LogP contribution in [0.2, 0.25) is 5.02 Å². The summed E-state index contributed by atoms with van der Waals surface area (Å²) in [6.07, 6.45) is 0. The average molecular weight is 449 g/mol. The van der Waals surface area contributed by atoms with Gasteiger partial charge in [0.25, 0.3) is 11.8 Å². The second-order valence-electron chi connectivity index (χ2n) is 7.10. The predicted molar refractivity (Wildman–Crippen MR) is 124 cm³/mol. The van der Waals surface area contributed by atoms with E-state index in [1.807, 2.05) is 6.07 Å². The minimum atomic E-state index is -0.446. The number of para-hydroxylation sites is 1. The van der Waals surface area contributed by atoms with Gasteiger partial charge in [0, 0.05) is 22.3 Å². The van der Waals surface area contributed by atoms with Crippen LogP contribution in [0.25, 0.3) is 5.57 Å². The highest BCUT2D eigenvalue weighted by atomic mass is 35.5. The minimum absolute atomic E-state index is 0.0548. The topological polar surface area (TPSA) is 67.9 Å². The molecule has 1 aliphatic heterocycles. The maximum absolute atomic E-state index is 13.5. The summed E-state index contributed by atoms with van der Waals surface area (Å²) in [5.41, 5.74) is 2.23. The van der Waals surface area contributed by atoms with E-state index >= 15 is 0 Å². The number of nitrogens with zero attached hydrogens (tertiary/aromatic N) is 1. The molecular weight excluding hydrogens is 428 g/mol. The summed E-state index contributed by atoms with van der Waals surface area (Å²) in [5, 5.41) is 3.61. The van der Waals surface area contributed by atoms with Gasteiger partial charge in [-0.15, -0.1) is 0 Å². The summed E-state index contributed by atoms with van der Waals surface area (Å²) in [4.78, 5) is 28.1. The third kappa shape index (κ3) is 4.05. The first-order chi connectivity index (χ1) is 15.5. The van der Waals surface area contributed by atoms with Crippen molar-refractivity contribution in [2.45, 2.75) is 6.54 Å². The van der Waals surface area contributed by atoms with Gasteiger partial charge in [0.05, 0.1) is 26.3 Å². The number of nitrogens with one attached hydrogen (secondary N) is 1. The third-order valence-corrected chi connectivity index (χ3v) is 5.54. The first-order valence-electron chi connectivity index (χ1n) is 9.92. The second-order valence-corrected chi connectivity index (χ2v) is 7.50. The highest BCUT2D eigenvalue weighted by molar-refractivity contribution is 6.37. The minimum Gasteiger partial charge on any atom is -0.497 e. The number of ether oxygens (including phenoxy) is 2. The predicted octanol–water partition coefficient (Wildman–Crippen LogP) is 4.75. The van der Waals surface area contributed by atoms with Crippen LogP contribution in [-0.2, 0) is 16.1 Å². The Bertz CT molecular complexity index is 1220. The number of anilines is 1. The first-order valence-corrected chi connectivity index (χ1v) is 10.3. The smallest absolute Gasteiger partial charge is 0.278 e. The van der Waals surface area contributed by atoms with E-state index in [1.54, 1.807) is 73.8 Å². The molecule has 0 aliphatic carbocycles. The summed E-state index contributed by atoms with van der Waals surface area (Å²) in [7, 11) is 3.09. The molecule has 1 N–H and O–H groups in total. The maximum Gasteiger partial charge on any atom is 0.278 e. The van der Waals surface area contributed by atoms with Crippen molar-refractivity contribution in [1.29, 1.82) is 0 Å². The van der Waals surface area contributed by atoms with Crippen molar-refractivity contribution < 1.29 is 19.1 Å². The third-order valence-electron chi connectivity index (χ3n) is 5.17. The van der Waals surface area contributed by atoms with Crippen LogP contribution in [0.5, 0.6) is 11.5 Å². The average Bonchev–Trinajstić information content (AvgIpc) is 3.04. The molecule has 32 heavy (non-hydrogen) atoms. The van der Waals surface area contributed by atoms with Gasteiger partial charge in [0.1, 0.15) is 17.2 Å². The lowest BCUT2D eigenvalue weighted by Gasteiger charge is -2.16. The maximum atomic E-state index is 13.5. The number of hydrogen-bond acceptors (Lipinski definition) is 5. The molecule has 7 heteroatoms. The zero-order valence-electron chi connectivity index (χ0n) is 17.6. The SMILES string of the molecule is COc1cccc(NC2=C(c3ccccc3OC)C(=O)N(Cc3ccccc3Cl)C2=O)c1. The Morgan fingerprint density at radius 2 is 1.62 bits per heavy atom. The largest absolute Gasteiger partial charge is 0.497 e. The normalized spacial score (nSPS) is 13.5. The molecular formula is C25H21ClN2O4. The summed E-state index contributed by atoms with van der Waals surface area (Å²) >= 11 is 6.29. The van der Waals surface area contributed by atoms with Crippen LogP contribution in [0.15, 0.2) is 78.5 Å². The van der Waals surface area contributed by atoms with E-state index in [1.165, 1.54) is 12.0 Å².